The molecule has 1 aromatic carbocycles. The van der Waals surface area contributed by atoms with Crippen molar-refractivity contribution in [3.8, 4) is 0 Å². The van der Waals surface area contributed by atoms with Crippen molar-refractivity contribution >= 4 is 33.4 Å². The lowest BCUT2D eigenvalue weighted by Crippen LogP contribution is -2.28. The lowest BCUT2D eigenvalue weighted by atomic mass is 10.3. The Morgan fingerprint density at radius 3 is 2.46 bits per heavy atom. The van der Waals surface area contributed by atoms with Crippen LogP contribution in [0.1, 0.15) is 0 Å². The highest BCUT2D eigenvalue weighted by atomic mass is 32.2. The fourth-order valence-electron chi connectivity index (χ4n) is 1.78. The van der Waals surface area contributed by atoms with Crippen LogP contribution in [0.5, 0.6) is 0 Å². The van der Waals surface area contributed by atoms with Gasteiger partial charge in [-0.2, -0.15) is 4.73 Å². The van der Waals surface area contributed by atoms with Crippen LogP contribution in [-0.4, -0.2) is 38.5 Å². The van der Waals surface area contributed by atoms with E-state index in [1.807, 2.05) is 0 Å². The fourth-order valence-corrected chi connectivity index (χ4v) is 3.40. The molecule has 7 nitrogen and oxygen atoms in total. The Labute approximate surface area is 144 Å². The second-order valence-corrected chi connectivity index (χ2v) is 8.16. The van der Waals surface area contributed by atoms with E-state index in [4.69, 9.17) is 0 Å². The van der Waals surface area contributed by atoms with Gasteiger partial charge in [-0.1, -0.05) is 0 Å². The fraction of sp³-hybridized carbons (Fsp3) is 0.200. The Morgan fingerprint density at radius 1 is 1.21 bits per heavy atom. The third-order valence-electron chi connectivity index (χ3n) is 3.06. The largest absolute Gasteiger partial charge is 0.618 e. The van der Waals surface area contributed by atoms with Gasteiger partial charge in [-0.05, 0) is 42.1 Å². The molecule has 2 aromatic rings. The summed E-state index contributed by atoms with van der Waals surface area (Å²) in [5.74, 6) is -0.212. The number of rotatable bonds is 6. The number of aromatic nitrogens is 1. The average Bonchev–Trinajstić information content (AvgIpc) is 2.54. The number of nitrogens with zero attached hydrogens (tertiary/aromatic N) is 2. The second kappa shape index (κ2) is 7.65. The summed E-state index contributed by atoms with van der Waals surface area (Å²) in [5.41, 5.74) is 0.487. The van der Waals surface area contributed by atoms with Gasteiger partial charge in [-0.3, -0.25) is 4.79 Å². The van der Waals surface area contributed by atoms with E-state index in [0.717, 1.165) is 16.1 Å². The zero-order valence-electron chi connectivity index (χ0n) is 13.2. The number of nitrogens with one attached hydrogen (secondary N) is 1. The Morgan fingerprint density at radius 2 is 1.88 bits per heavy atom. The predicted octanol–water partition coefficient (Wildman–Crippen LogP) is 1.30. The quantitative estimate of drug-likeness (QED) is 0.472. The molecule has 0 aliphatic heterocycles. The predicted molar refractivity (Wildman–Crippen MR) is 92.1 cm³/mol. The zero-order chi connectivity index (χ0) is 17.7. The van der Waals surface area contributed by atoms with Crippen LogP contribution >= 0.6 is 11.8 Å². The number of hydrogen-bond acceptors (Lipinski definition) is 5. The van der Waals surface area contributed by atoms with Crippen molar-refractivity contribution in [1.29, 1.82) is 0 Å². The summed E-state index contributed by atoms with van der Waals surface area (Å²) in [4.78, 5) is 12.1. The number of thioether (sulfide) groups is 1. The first kappa shape index (κ1) is 18.2. The van der Waals surface area contributed by atoms with Gasteiger partial charge < -0.3 is 10.5 Å². The van der Waals surface area contributed by atoms with Gasteiger partial charge in [-0.15, -0.1) is 0 Å². The lowest BCUT2D eigenvalue weighted by Gasteiger charge is -2.12. The molecule has 128 valence electrons. The number of carbonyl (C=O) groups is 1. The van der Waals surface area contributed by atoms with E-state index in [-0.39, 0.29) is 16.6 Å². The second-order valence-electron chi connectivity index (χ2n) is 5.01. The maximum atomic E-state index is 12.0. The van der Waals surface area contributed by atoms with Crippen molar-refractivity contribution in [2.45, 2.75) is 9.92 Å². The number of benzene rings is 1. The van der Waals surface area contributed by atoms with Crippen molar-refractivity contribution in [1.82, 2.24) is 4.31 Å². The molecule has 1 amide bonds. The van der Waals surface area contributed by atoms with Gasteiger partial charge in [0.15, 0.2) is 6.20 Å². The average molecular weight is 367 g/mol. The zero-order valence-corrected chi connectivity index (χ0v) is 14.8. The van der Waals surface area contributed by atoms with Crippen LogP contribution in [0.4, 0.5) is 5.69 Å². The van der Waals surface area contributed by atoms with Gasteiger partial charge in [0.2, 0.25) is 15.9 Å². The lowest BCUT2D eigenvalue weighted by molar-refractivity contribution is -0.645. The molecule has 0 aliphatic rings. The molecule has 0 spiro atoms. The SMILES string of the molecule is CN(C)S(=O)(=O)c1ccc(NC(=O)CSc2cccc[n+]2[O-])cc1. The Balaban J connectivity index is 1.96. The van der Waals surface area contributed by atoms with E-state index < -0.39 is 10.0 Å². The first-order chi connectivity index (χ1) is 11.3. The van der Waals surface area contributed by atoms with Crippen LogP contribution < -0.4 is 10.0 Å². The molecule has 24 heavy (non-hydrogen) atoms. The molecular weight excluding hydrogens is 350 g/mol. The molecule has 0 atom stereocenters. The van der Waals surface area contributed by atoms with E-state index in [9.17, 15) is 18.4 Å². The summed E-state index contributed by atoms with van der Waals surface area (Å²) in [6, 6.07) is 10.9. The smallest absolute Gasteiger partial charge is 0.251 e. The molecule has 0 aliphatic carbocycles. The van der Waals surface area contributed by atoms with Gasteiger partial charge in [0.05, 0.1) is 10.6 Å². The maximum Gasteiger partial charge on any atom is 0.251 e. The number of hydrogen-bond donors (Lipinski definition) is 1. The monoisotopic (exact) mass is 367 g/mol. The van der Waals surface area contributed by atoms with Gasteiger partial charge in [0, 0.05) is 31.9 Å². The van der Waals surface area contributed by atoms with Gasteiger partial charge >= 0.3 is 0 Å². The van der Waals surface area contributed by atoms with Crippen LogP contribution in [-0.2, 0) is 14.8 Å². The molecule has 1 aromatic heterocycles. The highest BCUT2D eigenvalue weighted by molar-refractivity contribution is 7.99. The summed E-state index contributed by atoms with van der Waals surface area (Å²) in [5, 5.41) is 14.6. The Bertz CT molecular complexity index is 821. The molecule has 0 saturated heterocycles. The third-order valence-corrected chi connectivity index (χ3v) is 5.90. The van der Waals surface area contributed by atoms with E-state index in [0.29, 0.717) is 15.4 Å². The Kier molecular flexibility index (Phi) is 5.81. The highest BCUT2D eigenvalue weighted by Gasteiger charge is 2.17. The first-order valence-electron chi connectivity index (χ1n) is 6.94. The summed E-state index contributed by atoms with van der Waals surface area (Å²) in [6.45, 7) is 0. The van der Waals surface area contributed by atoms with E-state index >= 15 is 0 Å². The van der Waals surface area contributed by atoms with E-state index in [1.54, 1.807) is 18.2 Å². The normalized spacial score (nSPS) is 11.5. The Hall–Kier alpha value is -2.10. The number of pyridine rings is 1. The molecule has 2 rings (SSSR count). The molecule has 0 fully saturated rings. The summed E-state index contributed by atoms with van der Waals surface area (Å²) >= 11 is 1.12. The van der Waals surface area contributed by atoms with Gasteiger partial charge in [0.25, 0.3) is 5.03 Å². The van der Waals surface area contributed by atoms with Crippen LogP contribution in [0.15, 0.2) is 58.6 Å². The maximum absolute atomic E-state index is 12.0. The summed E-state index contributed by atoms with van der Waals surface area (Å²) in [7, 11) is -0.589. The minimum atomic E-state index is -3.49. The molecule has 9 heteroatoms. The van der Waals surface area contributed by atoms with E-state index in [2.05, 4.69) is 5.32 Å². The number of amides is 1. The van der Waals surface area contributed by atoms with Gasteiger partial charge in [0.1, 0.15) is 0 Å². The van der Waals surface area contributed by atoms with Gasteiger partial charge in [-0.25, -0.2) is 12.7 Å². The topological polar surface area (TPSA) is 93.4 Å². The minimum Gasteiger partial charge on any atom is -0.618 e. The number of carbonyl (C=O) groups excluding carboxylic acids is 1. The first-order valence-corrected chi connectivity index (χ1v) is 9.37. The molecule has 1 heterocycles. The molecule has 0 unspecified atom stereocenters. The molecular formula is C15H17N3O4S2. The van der Waals surface area contributed by atoms with Crippen LogP contribution in [0.2, 0.25) is 0 Å². The van der Waals surface area contributed by atoms with Crippen molar-refractivity contribution in [3.63, 3.8) is 0 Å². The van der Waals surface area contributed by atoms with E-state index in [1.165, 1.54) is 44.6 Å². The minimum absolute atomic E-state index is 0.0734. The van der Waals surface area contributed by atoms with Crippen molar-refractivity contribution in [2.24, 2.45) is 0 Å². The summed E-state index contributed by atoms with van der Waals surface area (Å²) in [6.07, 6.45) is 1.37. The summed E-state index contributed by atoms with van der Waals surface area (Å²) < 4.78 is 25.7. The number of anilines is 1. The van der Waals surface area contributed by atoms with Crippen molar-refractivity contribution in [3.05, 3.63) is 53.9 Å². The highest BCUT2D eigenvalue weighted by Crippen LogP contribution is 2.17. The standard InChI is InChI=1S/C15H17N3O4S2/c1-17(2)24(21,22)13-8-6-12(7-9-13)16-14(19)11-23-15-5-3-4-10-18(15)20/h3-10H,11H2,1-2H3,(H,16,19). The van der Waals surface area contributed by atoms with Crippen LogP contribution in [0.3, 0.4) is 0 Å². The molecule has 0 saturated carbocycles. The molecule has 0 radical (unpaired) electrons. The third kappa shape index (κ3) is 4.47. The molecule has 0 bridgehead atoms. The van der Waals surface area contributed by atoms with Crippen molar-refractivity contribution < 1.29 is 17.9 Å². The van der Waals surface area contributed by atoms with Crippen LogP contribution in [0.25, 0.3) is 0 Å². The van der Waals surface area contributed by atoms with Crippen LogP contribution in [0, 0.1) is 5.21 Å². The van der Waals surface area contributed by atoms with Crippen molar-refractivity contribution in [2.75, 3.05) is 25.2 Å². The number of sulfonamides is 1. The molecule has 1 N–H and O–H groups in total.